The number of rotatable bonds is 6. The van der Waals surface area contributed by atoms with Gasteiger partial charge in [-0.15, -0.1) is 0 Å². The highest BCUT2D eigenvalue weighted by molar-refractivity contribution is 5.91. The molecule has 29 heavy (non-hydrogen) atoms. The van der Waals surface area contributed by atoms with Crippen molar-refractivity contribution in [1.82, 2.24) is 0 Å². The van der Waals surface area contributed by atoms with Crippen LogP contribution >= 0.6 is 0 Å². The number of phenolic OH excluding ortho intramolecular Hbond substituents is 3. The molecule has 2 rings (SSSR count). The number of hydrogen-bond acceptors (Lipinski definition) is 11. The summed E-state index contributed by atoms with van der Waals surface area (Å²) in [4.78, 5) is 12.1. The highest BCUT2D eigenvalue weighted by atomic mass is 16.7. The number of phenols is 3. The Morgan fingerprint density at radius 1 is 1.17 bits per heavy atom. The van der Waals surface area contributed by atoms with Crippen molar-refractivity contribution in [2.75, 3.05) is 6.61 Å². The van der Waals surface area contributed by atoms with Gasteiger partial charge in [0, 0.05) is 0 Å². The highest BCUT2D eigenvalue weighted by Gasteiger charge is 2.47. The third-order valence-corrected chi connectivity index (χ3v) is 4.64. The van der Waals surface area contributed by atoms with Crippen molar-refractivity contribution in [3.05, 3.63) is 17.7 Å². The van der Waals surface area contributed by atoms with Crippen molar-refractivity contribution >= 4 is 5.97 Å². The van der Waals surface area contributed by atoms with Crippen molar-refractivity contribution in [1.29, 1.82) is 5.26 Å². The van der Waals surface area contributed by atoms with E-state index in [1.807, 2.05) is 6.07 Å². The summed E-state index contributed by atoms with van der Waals surface area (Å²) in [5.41, 5.74) is -1.62. The molecule has 1 fully saturated rings. The van der Waals surface area contributed by atoms with Crippen molar-refractivity contribution in [3.8, 4) is 23.3 Å². The van der Waals surface area contributed by atoms with E-state index in [1.165, 1.54) is 6.92 Å². The topological polar surface area (TPSA) is 190 Å². The van der Waals surface area contributed by atoms with Gasteiger partial charge in [-0.3, -0.25) is 0 Å². The molecule has 0 aliphatic carbocycles. The fourth-order valence-electron chi connectivity index (χ4n) is 2.56. The minimum atomic E-state index is -1.70. The zero-order chi connectivity index (χ0) is 21.9. The average Bonchev–Trinajstić information content (AvgIpc) is 2.70. The molecular weight excluding hydrogens is 390 g/mol. The number of aliphatic hydroxyl groups is 3. The monoisotopic (exact) mass is 413 g/mol. The molecule has 0 aromatic heterocycles. The van der Waals surface area contributed by atoms with Crippen molar-refractivity contribution in [3.63, 3.8) is 0 Å². The molecule has 1 aliphatic heterocycles. The summed E-state index contributed by atoms with van der Waals surface area (Å²) in [5, 5.41) is 67.6. The van der Waals surface area contributed by atoms with E-state index < -0.39 is 66.1 Å². The van der Waals surface area contributed by atoms with Crippen LogP contribution in [0.5, 0.6) is 17.2 Å². The van der Waals surface area contributed by atoms with Gasteiger partial charge in [0.1, 0.15) is 31.0 Å². The largest absolute Gasteiger partial charge is 0.504 e. The fourth-order valence-corrected chi connectivity index (χ4v) is 2.56. The molecule has 6 N–H and O–H groups in total. The van der Waals surface area contributed by atoms with Crippen LogP contribution in [0, 0.1) is 11.3 Å². The van der Waals surface area contributed by atoms with Gasteiger partial charge in [0.25, 0.3) is 0 Å². The average molecular weight is 413 g/mol. The molecule has 0 radical (unpaired) electrons. The van der Waals surface area contributed by atoms with E-state index >= 15 is 0 Å². The summed E-state index contributed by atoms with van der Waals surface area (Å²) in [6, 6.07) is 3.63. The van der Waals surface area contributed by atoms with Crippen LogP contribution in [-0.2, 0) is 14.2 Å². The van der Waals surface area contributed by atoms with Gasteiger partial charge >= 0.3 is 5.97 Å². The van der Waals surface area contributed by atoms with Crippen LogP contribution in [0.25, 0.3) is 0 Å². The molecule has 6 atom stereocenters. The first-order valence-corrected chi connectivity index (χ1v) is 8.73. The molecule has 160 valence electrons. The van der Waals surface area contributed by atoms with Crippen LogP contribution in [0.4, 0.5) is 0 Å². The van der Waals surface area contributed by atoms with E-state index in [0.717, 1.165) is 12.1 Å². The van der Waals surface area contributed by atoms with Crippen LogP contribution < -0.4 is 0 Å². The summed E-state index contributed by atoms with van der Waals surface area (Å²) < 4.78 is 15.8. The SMILES string of the molecule is CCC(C)(C#N)OC1OC(COC(=O)c2cc(O)c(O)c(O)c2)C(O)C(O)C1O. The van der Waals surface area contributed by atoms with E-state index in [4.69, 9.17) is 14.2 Å². The number of esters is 1. The van der Waals surface area contributed by atoms with Crippen LogP contribution in [0.1, 0.15) is 30.6 Å². The molecular formula is C18H23NO10. The molecule has 1 heterocycles. The molecule has 0 spiro atoms. The first kappa shape index (κ1) is 22.7. The van der Waals surface area contributed by atoms with Crippen molar-refractivity contribution in [2.24, 2.45) is 0 Å². The van der Waals surface area contributed by atoms with Crippen molar-refractivity contribution in [2.45, 2.75) is 56.6 Å². The number of ether oxygens (including phenoxy) is 3. The van der Waals surface area contributed by atoms with Crippen LogP contribution in [0.3, 0.4) is 0 Å². The standard InChI is InChI=1S/C18H23NO10/c1-3-18(2,7-19)29-17-15(25)14(24)13(23)11(28-17)6-27-16(26)8-4-9(20)12(22)10(21)5-8/h4-5,11,13-15,17,20-25H,3,6H2,1-2H3. The number of nitrogens with zero attached hydrogens (tertiary/aromatic N) is 1. The Morgan fingerprint density at radius 2 is 1.76 bits per heavy atom. The molecule has 0 amide bonds. The number of hydrogen-bond donors (Lipinski definition) is 6. The molecule has 11 nitrogen and oxygen atoms in total. The lowest BCUT2D eigenvalue weighted by Gasteiger charge is -2.41. The zero-order valence-electron chi connectivity index (χ0n) is 15.7. The second-order valence-electron chi connectivity index (χ2n) is 6.79. The van der Waals surface area contributed by atoms with E-state index in [9.17, 15) is 40.7 Å². The Labute approximate surface area is 165 Å². The number of carbonyl (C=O) groups is 1. The summed E-state index contributed by atoms with van der Waals surface area (Å²) >= 11 is 0. The van der Waals surface area contributed by atoms with E-state index in [1.54, 1.807) is 6.92 Å². The minimum Gasteiger partial charge on any atom is -0.504 e. The number of aliphatic hydroxyl groups excluding tert-OH is 3. The Bertz CT molecular complexity index is 770. The van der Waals surface area contributed by atoms with Crippen LogP contribution in [0.15, 0.2) is 12.1 Å². The molecule has 0 bridgehead atoms. The Balaban J connectivity index is 2.09. The van der Waals surface area contributed by atoms with Crippen LogP contribution in [-0.4, -0.2) is 79.5 Å². The second-order valence-corrected chi connectivity index (χ2v) is 6.79. The number of aromatic hydroxyl groups is 3. The van der Waals surface area contributed by atoms with E-state index in [-0.39, 0.29) is 12.0 Å². The number of benzene rings is 1. The van der Waals surface area contributed by atoms with E-state index in [2.05, 4.69) is 0 Å². The molecule has 1 aromatic rings. The zero-order valence-corrected chi connectivity index (χ0v) is 15.7. The number of carbonyl (C=O) groups excluding carboxylic acids is 1. The predicted octanol–water partition coefficient (Wildman–Crippen LogP) is -0.523. The van der Waals surface area contributed by atoms with Gasteiger partial charge in [-0.25, -0.2) is 4.79 Å². The third-order valence-electron chi connectivity index (χ3n) is 4.64. The van der Waals surface area contributed by atoms with Crippen molar-refractivity contribution < 1.29 is 49.6 Å². The molecule has 1 aromatic carbocycles. The van der Waals surface area contributed by atoms with Gasteiger partial charge in [0.15, 0.2) is 29.1 Å². The lowest BCUT2D eigenvalue weighted by Crippen LogP contribution is -2.60. The first-order chi connectivity index (χ1) is 13.5. The maximum absolute atomic E-state index is 12.1. The number of nitriles is 1. The first-order valence-electron chi connectivity index (χ1n) is 8.73. The third kappa shape index (κ3) is 4.87. The molecule has 11 heteroatoms. The van der Waals surface area contributed by atoms with Gasteiger partial charge in [0.2, 0.25) is 0 Å². The molecule has 1 saturated heterocycles. The van der Waals surface area contributed by atoms with Gasteiger partial charge in [-0.2, -0.15) is 5.26 Å². The summed E-state index contributed by atoms with van der Waals surface area (Å²) in [6.07, 6.45) is -7.50. The highest BCUT2D eigenvalue weighted by Crippen LogP contribution is 2.35. The van der Waals surface area contributed by atoms with E-state index in [0.29, 0.717) is 0 Å². The summed E-state index contributed by atoms with van der Waals surface area (Å²) in [5.74, 6) is -3.32. The normalized spacial score (nSPS) is 28.9. The molecule has 0 saturated carbocycles. The lowest BCUT2D eigenvalue weighted by atomic mass is 9.98. The van der Waals surface area contributed by atoms with Gasteiger partial charge < -0.3 is 44.8 Å². The predicted molar refractivity (Wildman–Crippen MR) is 93.8 cm³/mol. The molecule has 1 aliphatic rings. The fraction of sp³-hybridized carbons (Fsp3) is 0.556. The Hall–Kier alpha value is -2.62. The molecule has 6 unspecified atom stereocenters. The Morgan fingerprint density at radius 3 is 2.28 bits per heavy atom. The van der Waals surface area contributed by atoms with Gasteiger partial charge in [0.05, 0.1) is 11.6 Å². The Kier molecular flexibility index (Phi) is 6.89. The summed E-state index contributed by atoms with van der Waals surface area (Å²) in [6.45, 7) is 2.55. The van der Waals surface area contributed by atoms with Gasteiger partial charge in [-0.05, 0) is 25.5 Å². The maximum Gasteiger partial charge on any atom is 0.338 e. The van der Waals surface area contributed by atoms with Crippen LogP contribution in [0.2, 0.25) is 0 Å². The maximum atomic E-state index is 12.1. The smallest absolute Gasteiger partial charge is 0.338 e. The second kappa shape index (κ2) is 8.81. The van der Waals surface area contributed by atoms with Gasteiger partial charge in [-0.1, -0.05) is 6.92 Å². The quantitative estimate of drug-likeness (QED) is 0.260. The summed E-state index contributed by atoms with van der Waals surface area (Å²) in [7, 11) is 0. The lowest BCUT2D eigenvalue weighted by molar-refractivity contribution is -0.318. The minimum absolute atomic E-state index is 0.252.